The molecule has 1 aromatic carbocycles. The maximum atomic E-state index is 12.2. The van der Waals surface area contributed by atoms with E-state index in [0.29, 0.717) is 15.2 Å². The molecule has 6 nitrogen and oxygen atoms in total. The number of nitrogens with one attached hydrogen (secondary N) is 2. The Morgan fingerprint density at radius 3 is 2.62 bits per heavy atom. The largest absolute Gasteiger partial charge is 0.573 e. The van der Waals surface area contributed by atoms with Gasteiger partial charge in [0.1, 0.15) is 5.75 Å². The number of carbonyl (C=O) groups excluding carboxylic acids is 1. The molecule has 2 rings (SSSR count). The Bertz CT molecular complexity index is 722. The lowest BCUT2D eigenvalue weighted by Gasteiger charge is -2.12. The van der Waals surface area contributed by atoms with Crippen molar-refractivity contribution in [3.05, 3.63) is 24.3 Å². The summed E-state index contributed by atoms with van der Waals surface area (Å²) in [7, 11) is 0. The number of thioether (sulfide) groups is 1. The lowest BCUT2D eigenvalue weighted by Crippen LogP contribution is -2.22. The second kappa shape index (κ2) is 9.08. The monoisotopic (exact) mass is 406 g/mol. The first-order chi connectivity index (χ1) is 12.3. The molecule has 11 heteroatoms. The molecule has 2 N–H and O–H groups in total. The van der Waals surface area contributed by atoms with Crippen molar-refractivity contribution < 1.29 is 22.7 Å². The van der Waals surface area contributed by atoms with Gasteiger partial charge in [0.15, 0.2) is 4.34 Å². The number of amides is 1. The van der Waals surface area contributed by atoms with Gasteiger partial charge in [-0.1, -0.05) is 30.0 Å². The molecule has 0 radical (unpaired) electrons. The van der Waals surface area contributed by atoms with E-state index in [-0.39, 0.29) is 11.7 Å². The third-order valence-electron chi connectivity index (χ3n) is 2.93. The Labute approximate surface area is 156 Å². The van der Waals surface area contributed by atoms with Gasteiger partial charge in [0.05, 0.1) is 5.25 Å². The highest BCUT2D eigenvalue weighted by molar-refractivity contribution is 8.02. The molecule has 1 aromatic heterocycles. The first-order valence-electron chi connectivity index (χ1n) is 7.67. The number of carbonyl (C=O) groups is 1. The highest BCUT2D eigenvalue weighted by Gasteiger charge is 2.31. The van der Waals surface area contributed by atoms with Crippen molar-refractivity contribution in [1.82, 2.24) is 10.2 Å². The maximum Gasteiger partial charge on any atom is 0.573 e. The van der Waals surface area contributed by atoms with Gasteiger partial charge < -0.3 is 15.4 Å². The minimum atomic E-state index is -4.75. The van der Waals surface area contributed by atoms with E-state index in [1.54, 1.807) is 6.92 Å². The van der Waals surface area contributed by atoms with Crippen molar-refractivity contribution in [2.24, 2.45) is 0 Å². The average molecular weight is 406 g/mol. The van der Waals surface area contributed by atoms with E-state index >= 15 is 0 Å². The summed E-state index contributed by atoms with van der Waals surface area (Å²) in [5.41, 5.74) is 0.375. The molecule has 1 amide bonds. The summed E-state index contributed by atoms with van der Waals surface area (Å²) in [6, 6.07) is 4.96. The zero-order valence-corrected chi connectivity index (χ0v) is 15.6. The van der Waals surface area contributed by atoms with Crippen LogP contribution in [0, 0.1) is 0 Å². The van der Waals surface area contributed by atoms with Crippen LogP contribution in [0.5, 0.6) is 5.75 Å². The molecule has 1 heterocycles. The molecule has 0 fully saturated rings. The summed E-state index contributed by atoms with van der Waals surface area (Å²) in [5, 5.41) is 14.0. The van der Waals surface area contributed by atoms with Gasteiger partial charge in [-0.25, -0.2) is 0 Å². The van der Waals surface area contributed by atoms with Crippen molar-refractivity contribution in [1.29, 1.82) is 0 Å². The molecule has 26 heavy (non-hydrogen) atoms. The van der Waals surface area contributed by atoms with Gasteiger partial charge in [-0.05, 0) is 37.6 Å². The molecule has 0 saturated heterocycles. The van der Waals surface area contributed by atoms with Crippen molar-refractivity contribution in [2.45, 2.75) is 36.2 Å². The van der Waals surface area contributed by atoms with Crippen LogP contribution in [0.1, 0.15) is 20.3 Å². The van der Waals surface area contributed by atoms with E-state index in [4.69, 9.17) is 0 Å². The Morgan fingerprint density at radius 1 is 1.31 bits per heavy atom. The number of hydrogen-bond acceptors (Lipinski definition) is 7. The van der Waals surface area contributed by atoms with E-state index < -0.39 is 11.6 Å². The van der Waals surface area contributed by atoms with Crippen LogP contribution < -0.4 is 15.4 Å². The lowest BCUT2D eigenvalue weighted by molar-refractivity contribution is -0.274. The number of halogens is 3. The first-order valence-corrected chi connectivity index (χ1v) is 9.37. The molecule has 0 bridgehead atoms. The van der Waals surface area contributed by atoms with Crippen molar-refractivity contribution in [2.75, 3.05) is 17.2 Å². The number of aromatic nitrogens is 2. The second-order valence-electron chi connectivity index (χ2n) is 5.12. The third kappa shape index (κ3) is 6.71. The van der Waals surface area contributed by atoms with Gasteiger partial charge in [-0.2, -0.15) is 0 Å². The SMILES string of the molecule is CCCNc1nnc(S[C@@H](C)C(=O)Nc2ccc(OC(F)(F)F)cc2)s1. The molecule has 1 atom stereocenters. The molecule has 0 unspecified atom stereocenters. The highest BCUT2D eigenvalue weighted by Crippen LogP contribution is 2.30. The van der Waals surface area contributed by atoms with Crippen LogP contribution in [0.25, 0.3) is 0 Å². The number of rotatable bonds is 8. The molecular formula is C15H17F3N4O2S2. The molecule has 0 aliphatic rings. The number of anilines is 2. The fraction of sp³-hybridized carbons (Fsp3) is 0.400. The topological polar surface area (TPSA) is 76.1 Å². The first kappa shape index (κ1) is 20.3. The predicted molar refractivity (Wildman–Crippen MR) is 95.8 cm³/mol. The van der Waals surface area contributed by atoms with Crippen LogP contribution in [0.15, 0.2) is 28.6 Å². The van der Waals surface area contributed by atoms with Gasteiger partial charge in [0.25, 0.3) is 0 Å². The molecule has 0 aliphatic carbocycles. The van der Waals surface area contributed by atoms with Crippen LogP contribution >= 0.6 is 23.1 Å². The number of hydrogen-bond donors (Lipinski definition) is 2. The summed E-state index contributed by atoms with van der Waals surface area (Å²) >= 11 is 2.61. The Hall–Kier alpha value is -2.01. The van der Waals surface area contributed by atoms with E-state index in [0.717, 1.165) is 25.1 Å². The minimum absolute atomic E-state index is 0.294. The van der Waals surface area contributed by atoms with Crippen molar-refractivity contribution in [3.8, 4) is 5.75 Å². The summed E-state index contributed by atoms with van der Waals surface area (Å²) in [4.78, 5) is 12.2. The van der Waals surface area contributed by atoms with Crippen LogP contribution in [0.3, 0.4) is 0 Å². The minimum Gasteiger partial charge on any atom is -0.406 e. The Kier molecular flexibility index (Phi) is 7.09. The van der Waals surface area contributed by atoms with Crippen LogP contribution in [0.4, 0.5) is 24.0 Å². The van der Waals surface area contributed by atoms with Gasteiger partial charge in [0, 0.05) is 12.2 Å². The van der Waals surface area contributed by atoms with Crippen LogP contribution in [-0.4, -0.2) is 34.3 Å². The van der Waals surface area contributed by atoms with E-state index in [1.807, 2.05) is 6.92 Å². The van der Waals surface area contributed by atoms with Gasteiger partial charge in [-0.15, -0.1) is 23.4 Å². The molecular weight excluding hydrogens is 389 g/mol. The van der Waals surface area contributed by atoms with Crippen molar-refractivity contribution in [3.63, 3.8) is 0 Å². The standard InChI is InChI=1S/C15H17F3N4O2S2/c1-3-8-19-13-21-22-14(26-13)25-9(2)12(23)20-10-4-6-11(7-5-10)24-15(16,17)18/h4-7,9H,3,8H2,1-2H3,(H,19,21)(H,20,23)/t9-/m0/s1. The van der Waals surface area contributed by atoms with Crippen molar-refractivity contribution >= 4 is 39.8 Å². The third-order valence-corrected chi connectivity index (χ3v) is 5.00. The fourth-order valence-electron chi connectivity index (χ4n) is 1.75. The van der Waals surface area contributed by atoms with E-state index in [2.05, 4.69) is 25.6 Å². The van der Waals surface area contributed by atoms with Crippen LogP contribution in [0.2, 0.25) is 0 Å². The van der Waals surface area contributed by atoms with E-state index in [9.17, 15) is 18.0 Å². The molecule has 142 valence electrons. The normalized spacial score (nSPS) is 12.5. The molecule has 0 saturated carbocycles. The maximum absolute atomic E-state index is 12.2. The highest BCUT2D eigenvalue weighted by atomic mass is 32.2. The fourth-order valence-corrected chi connectivity index (χ4v) is 3.67. The summed E-state index contributed by atoms with van der Waals surface area (Å²) in [6.07, 6.45) is -3.78. The Balaban J connectivity index is 1.87. The number of ether oxygens (including phenoxy) is 1. The zero-order chi connectivity index (χ0) is 19.2. The van der Waals surface area contributed by atoms with Gasteiger partial charge in [-0.3, -0.25) is 4.79 Å². The number of nitrogens with zero attached hydrogens (tertiary/aromatic N) is 2. The Morgan fingerprint density at radius 2 is 2.00 bits per heavy atom. The predicted octanol–water partition coefficient (Wildman–Crippen LogP) is 4.38. The summed E-state index contributed by atoms with van der Waals surface area (Å²) in [5.74, 6) is -0.642. The number of alkyl halides is 3. The second-order valence-corrected chi connectivity index (χ2v) is 7.69. The zero-order valence-electron chi connectivity index (χ0n) is 14.0. The lowest BCUT2D eigenvalue weighted by atomic mass is 10.3. The van der Waals surface area contributed by atoms with Gasteiger partial charge >= 0.3 is 6.36 Å². The van der Waals surface area contributed by atoms with Gasteiger partial charge in [0.2, 0.25) is 11.0 Å². The quantitative estimate of drug-likeness (QED) is 0.634. The average Bonchev–Trinajstić information content (AvgIpc) is 3.00. The summed E-state index contributed by atoms with van der Waals surface area (Å²) < 4.78 is 40.8. The molecule has 2 aromatic rings. The molecule has 0 spiro atoms. The molecule has 0 aliphatic heterocycles. The van der Waals surface area contributed by atoms with E-state index in [1.165, 1.54) is 35.2 Å². The summed E-state index contributed by atoms with van der Waals surface area (Å²) in [6.45, 7) is 4.54. The van der Waals surface area contributed by atoms with Crippen LogP contribution in [-0.2, 0) is 4.79 Å². The number of benzene rings is 1. The smallest absolute Gasteiger partial charge is 0.406 e.